The lowest BCUT2D eigenvalue weighted by atomic mass is 10.1. The predicted molar refractivity (Wildman–Crippen MR) is 76.2 cm³/mol. The quantitative estimate of drug-likeness (QED) is 0.628. The first-order valence-electron chi connectivity index (χ1n) is 4.79. The number of rotatable bonds is 3. The van der Waals surface area contributed by atoms with Crippen LogP contribution in [0.15, 0.2) is 36.4 Å². The zero-order chi connectivity index (χ0) is 11.5. The average molecular weight is 336 g/mol. The molecular weight excluding hydrogens is 327 g/mol. The van der Waals surface area contributed by atoms with E-state index in [0.29, 0.717) is 0 Å². The molecule has 4 heteroatoms. The maximum Gasteiger partial charge on any atom is 0.0931 e. The fourth-order valence-corrected chi connectivity index (χ4v) is 3.49. The van der Waals surface area contributed by atoms with Gasteiger partial charge in [-0.1, -0.05) is 57.3 Å². The number of hydrogen-bond acceptors (Lipinski definition) is 1. The van der Waals surface area contributed by atoms with Crippen LogP contribution in [-0.4, -0.2) is 0 Å². The molecule has 0 nitrogen and oxygen atoms in total. The van der Waals surface area contributed by atoms with E-state index in [2.05, 4.69) is 15.9 Å². The van der Waals surface area contributed by atoms with Gasteiger partial charge in [-0.3, -0.25) is 0 Å². The summed E-state index contributed by atoms with van der Waals surface area (Å²) in [5.41, 5.74) is 1.15. The molecule has 0 amide bonds. The van der Waals surface area contributed by atoms with Gasteiger partial charge in [-0.15, -0.1) is 11.3 Å². The normalized spacial score (nSPS) is 12.7. The van der Waals surface area contributed by atoms with Gasteiger partial charge in [0.15, 0.2) is 0 Å². The molecule has 0 saturated heterocycles. The van der Waals surface area contributed by atoms with Crippen molar-refractivity contribution in [3.8, 4) is 0 Å². The van der Waals surface area contributed by atoms with Gasteiger partial charge in [-0.2, -0.15) is 0 Å². The van der Waals surface area contributed by atoms with Gasteiger partial charge in [0.2, 0.25) is 0 Å². The Kier molecular flexibility index (Phi) is 4.31. The lowest BCUT2D eigenvalue weighted by molar-refractivity contribution is 0.970. The van der Waals surface area contributed by atoms with Crippen LogP contribution in [0.3, 0.4) is 0 Å². The fraction of sp³-hybridized carbons (Fsp3) is 0.167. The monoisotopic (exact) mass is 334 g/mol. The maximum absolute atomic E-state index is 6.12. The minimum atomic E-state index is 0.268. The zero-order valence-corrected chi connectivity index (χ0v) is 12.2. The third-order valence-electron chi connectivity index (χ3n) is 2.26. The third-order valence-corrected chi connectivity index (χ3v) is 5.09. The largest absolute Gasteiger partial charge is 0.127 e. The fourth-order valence-electron chi connectivity index (χ4n) is 1.45. The van der Waals surface area contributed by atoms with Gasteiger partial charge in [0.1, 0.15) is 0 Å². The summed E-state index contributed by atoms with van der Waals surface area (Å²) >= 11 is 17.3. The highest BCUT2D eigenvalue weighted by atomic mass is 79.9. The molecule has 0 bridgehead atoms. The molecule has 2 rings (SSSR count). The third kappa shape index (κ3) is 3.01. The van der Waals surface area contributed by atoms with Gasteiger partial charge in [-0.25, -0.2) is 0 Å². The Hall–Kier alpha value is -0.0200. The van der Waals surface area contributed by atoms with E-state index in [1.807, 2.05) is 36.4 Å². The van der Waals surface area contributed by atoms with Gasteiger partial charge < -0.3 is 0 Å². The van der Waals surface area contributed by atoms with Crippen LogP contribution >= 0.6 is 50.5 Å². The van der Waals surface area contributed by atoms with Gasteiger partial charge in [0, 0.05) is 9.90 Å². The van der Waals surface area contributed by atoms with Crippen molar-refractivity contribution < 1.29 is 0 Å². The molecule has 1 atom stereocenters. The van der Waals surface area contributed by atoms with Gasteiger partial charge >= 0.3 is 0 Å². The summed E-state index contributed by atoms with van der Waals surface area (Å²) < 4.78 is 0.818. The summed E-state index contributed by atoms with van der Waals surface area (Å²) in [6, 6.07) is 11.9. The Morgan fingerprint density at radius 3 is 2.50 bits per heavy atom. The summed E-state index contributed by atoms with van der Waals surface area (Å²) in [5, 5.41) is 0.814. The van der Waals surface area contributed by atoms with E-state index >= 15 is 0 Å². The van der Waals surface area contributed by atoms with Crippen LogP contribution in [0.4, 0.5) is 0 Å². The maximum atomic E-state index is 6.12. The van der Waals surface area contributed by atoms with E-state index in [1.54, 1.807) is 11.3 Å². The van der Waals surface area contributed by atoms with Crippen molar-refractivity contribution in [3.05, 3.63) is 56.2 Å². The molecule has 0 aliphatic heterocycles. The van der Waals surface area contributed by atoms with E-state index in [0.717, 1.165) is 21.3 Å². The minimum absolute atomic E-state index is 0.268. The highest BCUT2D eigenvalue weighted by molar-refractivity contribution is 9.09. The van der Waals surface area contributed by atoms with Crippen LogP contribution in [-0.2, 0) is 6.42 Å². The van der Waals surface area contributed by atoms with Crippen molar-refractivity contribution in [2.45, 2.75) is 11.2 Å². The second kappa shape index (κ2) is 5.54. The molecular formula is C12H9BrCl2S. The SMILES string of the molecule is Clc1ccc(C(Br)Cc2ccccc2Cl)s1. The number of alkyl halides is 1. The average Bonchev–Trinajstić information content (AvgIpc) is 2.68. The van der Waals surface area contributed by atoms with Crippen LogP contribution in [0.2, 0.25) is 9.36 Å². The van der Waals surface area contributed by atoms with Gasteiger partial charge in [0.25, 0.3) is 0 Å². The van der Waals surface area contributed by atoms with Gasteiger partial charge in [0.05, 0.1) is 9.16 Å². The first kappa shape index (κ1) is 12.4. The molecule has 1 unspecified atom stereocenters. The van der Waals surface area contributed by atoms with Crippen molar-refractivity contribution in [1.82, 2.24) is 0 Å². The van der Waals surface area contributed by atoms with E-state index in [-0.39, 0.29) is 4.83 Å². The molecule has 0 saturated carbocycles. The first-order chi connectivity index (χ1) is 7.66. The minimum Gasteiger partial charge on any atom is -0.127 e. The number of halogens is 3. The molecule has 16 heavy (non-hydrogen) atoms. The van der Waals surface area contributed by atoms with Crippen molar-refractivity contribution in [3.63, 3.8) is 0 Å². The number of thiophene rings is 1. The Morgan fingerprint density at radius 1 is 1.12 bits per heavy atom. The van der Waals surface area contributed by atoms with E-state index < -0.39 is 0 Å². The lowest BCUT2D eigenvalue weighted by Crippen LogP contribution is -1.93. The molecule has 1 aromatic carbocycles. The van der Waals surface area contributed by atoms with Crippen molar-refractivity contribution in [1.29, 1.82) is 0 Å². The summed E-state index contributed by atoms with van der Waals surface area (Å²) in [6.45, 7) is 0. The highest BCUT2D eigenvalue weighted by Gasteiger charge is 2.12. The molecule has 0 spiro atoms. The van der Waals surface area contributed by atoms with E-state index in [4.69, 9.17) is 23.2 Å². The molecule has 84 valence electrons. The van der Waals surface area contributed by atoms with Crippen LogP contribution in [0.5, 0.6) is 0 Å². The predicted octanol–water partition coefficient (Wildman–Crippen LogP) is 5.73. The molecule has 2 aromatic rings. The van der Waals surface area contributed by atoms with Crippen molar-refractivity contribution in [2.75, 3.05) is 0 Å². The molecule has 0 radical (unpaired) electrons. The van der Waals surface area contributed by atoms with Crippen LogP contribution in [0.25, 0.3) is 0 Å². The molecule has 1 heterocycles. The second-order valence-corrected chi connectivity index (χ2v) is 6.66. The van der Waals surface area contributed by atoms with Gasteiger partial charge in [-0.05, 0) is 30.2 Å². The van der Waals surface area contributed by atoms with E-state index in [9.17, 15) is 0 Å². The van der Waals surface area contributed by atoms with Crippen LogP contribution < -0.4 is 0 Å². The molecule has 0 N–H and O–H groups in total. The summed E-state index contributed by atoms with van der Waals surface area (Å²) in [6.07, 6.45) is 0.872. The number of hydrogen-bond donors (Lipinski definition) is 0. The Labute approximate surface area is 117 Å². The molecule has 0 aliphatic carbocycles. The number of benzene rings is 1. The lowest BCUT2D eigenvalue weighted by Gasteiger charge is -2.08. The summed E-state index contributed by atoms with van der Waals surface area (Å²) in [4.78, 5) is 1.50. The summed E-state index contributed by atoms with van der Waals surface area (Å²) in [5.74, 6) is 0. The topological polar surface area (TPSA) is 0 Å². The standard InChI is InChI=1S/C12H9BrCl2S/c13-9(11-5-6-12(15)16-11)7-8-3-1-2-4-10(8)14/h1-6,9H,7H2. The van der Waals surface area contributed by atoms with Crippen molar-refractivity contribution in [2.24, 2.45) is 0 Å². The Morgan fingerprint density at radius 2 is 1.88 bits per heavy atom. The highest BCUT2D eigenvalue weighted by Crippen LogP contribution is 2.35. The molecule has 0 aliphatic rings. The van der Waals surface area contributed by atoms with Crippen LogP contribution in [0, 0.1) is 0 Å². The Balaban J connectivity index is 2.13. The van der Waals surface area contributed by atoms with Crippen LogP contribution in [0.1, 0.15) is 15.3 Å². The zero-order valence-electron chi connectivity index (χ0n) is 8.29. The molecule has 0 fully saturated rings. The second-order valence-electron chi connectivity index (χ2n) is 3.40. The van der Waals surface area contributed by atoms with E-state index in [1.165, 1.54) is 4.88 Å². The smallest absolute Gasteiger partial charge is 0.0931 e. The first-order valence-corrected chi connectivity index (χ1v) is 7.28. The summed E-state index contributed by atoms with van der Waals surface area (Å²) in [7, 11) is 0. The van der Waals surface area contributed by atoms with Crippen molar-refractivity contribution >= 4 is 50.5 Å². The Bertz CT molecular complexity index is 481. The molecule has 1 aromatic heterocycles.